The molecular formula is C21H30N6O2. The van der Waals surface area contributed by atoms with Gasteiger partial charge in [-0.1, -0.05) is 6.92 Å². The molecule has 1 aromatic carbocycles. The van der Waals surface area contributed by atoms with Gasteiger partial charge in [-0.15, -0.1) is 0 Å². The lowest BCUT2D eigenvalue weighted by atomic mass is 9.92. The van der Waals surface area contributed by atoms with Crippen LogP contribution >= 0.6 is 0 Å². The summed E-state index contributed by atoms with van der Waals surface area (Å²) in [6.45, 7) is 8.78. The van der Waals surface area contributed by atoms with Crippen molar-refractivity contribution in [2.75, 3.05) is 52.9 Å². The molecule has 0 spiro atoms. The molecule has 2 amide bonds. The van der Waals surface area contributed by atoms with Gasteiger partial charge in [0.2, 0.25) is 0 Å². The van der Waals surface area contributed by atoms with Crippen molar-refractivity contribution in [1.29, 1.82) is 5.26 Å². The predicted molar refractivity (Wildman–Crippen MR) is 110 cm³/mol. The number of hydrazine groups is 1. The van der Waals surface area contributed by atoms with Crippen LogP contribution in [0, 0.1) is 17.2 Å². The summed E-state index contributed by atoms with van der Waals surface area (Å²) in [5, 5.41) is 8.80. The SMILES string of the molecule is C[C@H]1CN(CC(=O)NNC(=O)c2ccc(C#N)cc2)CC[C@@H]1N1CCN(C)CC1. The molecule has 2 N–H and O–H groups in total. The number of rotatable bonds is 4. The third-order valence-electron chi connectivity index (χ3n) is 5.91. The van der Waals surface area contributed by atoms with Gasteiger partial charge in [0, 0.05) is 50.9 Å². The van der Waals surface area contributed by atoms with Gasteiger partial charge in [0.1, 0.15) is 0 Å². The van der Waals surface area contributed by atoms with E-state index in [0.29, 0.717) is 23.1 Å². The van der Waals surface area contributed by atoms with E-state index >= 15 is 0 Å². The number of amides is 2. The standard InChI is InChI=1S/C21H30N6O2/c1-16-14-26(8-7-19(16)27-11-9-25(2)10-12-27)15-20(28)23-24-21(29)18-5-3-17(13-22)4-6-18/h3-6,16,19H,7-12,14-15H2,1-2H3,(H,23,28)(H,24,29)/t16-,19-/m0/s1. The average molecular weight is 399 g/mol. The summed E-state index contributed by atoms with van der Waals surface area (Å²) < 4.78 is 0. The Hall–Kier alpha value is -2.47. The van der Waals surface area contributed by atoms with E-state index in [-0.39, 0.29) is 12.5 Å². The van der Waals surface area contributed by atoms with Crippen molar-refractivity contribution in [1.82, 2.24) is 25.6 Å². The van der Waals surface area contributed by atoms with Crippen molar-refractivity contribution in [3.63, 3.8) is 0 Å². The van der Waals surface area contributed by atoms with Crippen LogP contribution in [0.2, 0.25) is 0 Å². The first-order valence-corrected chi connectivity index (χ1v) is 10.2. The van der Waals surface area contributed by atoms with Crippen LogP contribution in [0.1, 0.15) is 29.3 Å². The topological polar surface area (TPSA) is 91.7 Å². The van der Waals surface area contributed by atoms with Crippen molar-refractivity contribution in [2.24, 2.45) is 5.92 Å². The zero-order valence-corrected chi connectivity index (χ0v) is 17.2. The Morgan fingerprint density at radius 1 is 1.10 bits per heavy atom. The van der Waals surface area contributed by atoms with Gasteiger partial charge in [-0.25, -0.2) is 0 Å². The lowest BCUT2D eigenvalue weighted by Crippen LogP contribution is -2.56. The number of likely N-dealkylation sites (tertiary alicyclic amines) is 1. The Labute approximate surface area is 172 Å². The van der Waals surface area contributed by atoms with Gasteiger partial charge in [0.25, 0.3) is 11.8 Å². The van der Waals surface area contributed by atoms with Crippen LogP contribution in [0.15, 0.2) is 24.3 Å². The fourth-order valence-corrected chi connectivity index (χ4v) is 4.20. The van der Waals surface area contributed by atoms with Crippen LogP contribution in [-0.4, -0.2) is 85.4 Å². The van der Waals surface area contributed by atoms with Gasteiger partial charge in [0.05, 0.1) is 18.2 Å². The van der Waals surface area contributed by atoms with Gasteiger partial charge in [-0.05, 0) is 43.7 Å². The molecule has 2 fully saturated rings. The second-order valence-electron chi connectivity index (χ2n) is 8.10. The summed E-state index contributed by atoms with van der Waals surface area (Å²) in [7, 11) is 2.17. The largest absolute Gasteiger partial charge is 0.304 e. The molecule has 0 unspecified atom stereocenters. The molecule has 3 rings (SSSR count). The first-order chi connectivity index (χ1) is 14.0. The highest BCUT2D eigenvalue weighted by atomic mass is 16.2. The third kappa shape index (κ3) is 5.76. The summed E-state index contributed by atoms with van der Waals surface area (Å²) >= 11 is 0. The number of hydrogen-bond donors (Lipinski definition) is 2. The minimum atomic E-state index is -0.398. The fourth-order valence-electron chi connectivity index (χ4n) is 4.20. The summed E-state index contributed by atoms with van der Waals surface area (Å²) in [5.74, 6) is -0.115. The Balaban J connectivity index is 1.41. The first kappa shape index (κ1) is 21.2. The third-order valence-corrected chi connectivity index (χ3v) is 5.91. The molecule has 156 valence electrons. The molecule has 2 aliphatic heterocycles. The van der Waals surface area contributed by atoms with E-state index < -0.39 is 5.91 Å². The summed E-state index contributed by atoms with van der Waals surface area (Å²) in [5.41, 5.74) is 5.81. The molecule has 29 heavy (non-hydrogen) atoms. The Morgan fingerprint density at radius 3 is 2.41 bits per heavy atom. The maximum absolute atomic E-state index is 12.2. The molecule has 0 aliphatic carbocycles. The minimum absolute atomic E-state index is 0.225. The first-order valence-electron chi connectivity index (χ1n) is 10.2. The minimum Gasteiger partial charge on any atom is -0.304 e. The van der Waals surface area contributed by atoms with E-state index in [0.717, 1.165) is 45.7 Å². The summed E-state index contributed by atoms with van der Waals surface area (Å²) in [6.07, 6.45) is 1.07. The molecule has 1 aromatic rings. The normalized spacial score (nSPS) is 23.9. The number of likely N-dealkylation sites (N-methyl/N-ethyl adjacent to an activating group) is 1. The Morgan fingerprint density at radius 2 is 1.79 bits per heavy atom. The second kappa shape index (κ2) is 9.83. The van der Waals surface area contributed by atoms with Crippen molar-refractivity contribution < 1.29 is 9.59 Å². The smallest absolute Gasteiger partial charge is 0.269 e. The highest BCUT2D eigenvalue weighted by Crippen LogP contribution is 2.23. The number of piperazine rings is 1. The van der Waals surface area contributed by atoms with Crippen LogP contribution in [0.3, 0.4) is 0 Å². The van der Waals surface area contributed by atoms with Gasteiger partial charge in [-0.3, -0.25) is 30.2 Å². The van der Waals surface area contributed by atoms with Crippen molar-refractivity contribution in [3.05, 3.63) is 35.4 Å². The molecule has 2 heterocycles. The van der Waals surface area contributed by atoms with Crippen LogP contribution in [0.25, 0.3) is 0 Å². The maximum Gasteiger partial charge on any atom is 0.269 e. The Kier molecular flexibility index (Phi) is 7.20. The second-order valence-corrected chi connectivity index (χ2v) is 8.10. The number of hydrogen-bond acceptors (Lipinski definition) is 6. The van der Waals surface area contributed by atoms with Crippen LogP contribution in [0.4, 0.5) is 0 Å². The van der Waals surface area contributed by atoms with Gasteiger partial charge in [-0.2, -0.15) is 5.26 Å². The van der Waals surface area contributed by atoms with Gasteiger partial charge < -0.3 is 4.90 Å². The number of benzene rings is 1. The molecule has 0 saturated carbocycles. The van der Waals surface area contributed by atoms with Crippen molar-refractivity contribution in [2.45, 2.75) is 19.4 Å². The number of nitriles is 1. The molecule has 2 aliphatic rings. The quantitative estimate of drug-likeness (QED) is 0.708. The molecule has 8 heteroatoms. The zero-order chi connectivity index (χ0) is 20.8. The molecule has 0 aromatic heterocycles. The molecule has 8 nitrogen and oxygen atoms in total. The number of carbonyl (C=O) groups is 2. The predicted octanol–water partition coefficient (Wildman–Crippen LogP) is 0.277. The molecule has 0 radical (unpaired) electrons. The van der Waals surface area contributed by atoms with Crippen molar-refractivity contribution >= 4 is 11.8 Å². The van der Waals surface area contributed by atoms with E-state index in [2.05, 4.69) is 39.5 Å². The van der Waals surface area contributed by atoms with Gasteiger partial charge in [0.15, 0.2) is 0 Å². The van der Waals surface area contributed by atoms with Crippen molar-refractivity contribution in [3.8, 4) is 6.07 Å². The van der Waals surface area contributed by atoms with E-state index in [1.54, 1.807) is 24.3 Å². The number of nitrogens with one attached hydrogen (secondary N) is 2. The van der Waals surface area contributed by atoms with E-state index in [1.807, 2.05) is 6.07 Å². The van der Waals surface area contributed by atoms with E-state index in [4.69, 9.17) is 5.26 Å². The number of carbonyl (C=O) groups excluding carboxylic acids is 2. The summed E-state index contributed by atoms with van der Waals surface area (Å²) in [6, 6.07) is 8.85. The molecular weight excluding hydrogens is 368 g/mol. The van der Waals surface area contributed by atoms with Gasteiger partial charge >= 0.3 is 0 Å². The fraction of sp³-hybridized carbons (Fsp3) is 0.571. The van der Waals surface area contributed by atoms with E-state index in [1.165, 1.54) is 0 Å². The van der Waals surface area contributed by atoms with Crippen LogP contribution in [0.5, 0.6) is 0 Å². The van der Waals surface area contributed by atoms with E-state index in [9.17, 15) is 9.59 Å². The zero-order valence-electron chi connectivity index (χ0n) is 17.2. The average Bonchev–Trinajstić information content (AvgIpc) is 2.73. The highest BCUT2D eigenvalue weighted by molar-refractivity contribution is 5.95. The molecule has 0 bridgehead atoms. The number of nitrogens with zero attached hydrogens (tertiary/aromatic N) is 4. The lowest BCUT2D eigenvalue weighted by molar-refractivity contribution is -0.123. The molecule has 2 saturated heterocycles. The Bertz CT molecular complexity index is 751. The summed E-state index contributed by atoms with van der Waals surface area (Å²) in [4.78, 5) is 31.5. The monoisotopic (exact) mass is 398 g/mol. The maximum atomic E-state index is 12.2. The highest BCUT2D eigenvalue weighted by Gasteiger charge is 2.32. The molecule has 2 atom stereocenters. The lowest BCUT2D eigenvalue weighted by Gasteiger charge is -2.45. The van der Waals surface area contributed by atoms with Crippen LogP contribution in [-0.2, 0) is 4.79 Å². The number of piperidine rings is 1. The van der Waals surface area contributed by atoms with Crippen LogP contribution < -0.4 is 10.9 Å².